The highest BCUT2D eigenvalue weighted by atomic mass is 16.2. The second-order valence-electron chi connectivity index (χ2n) is 3.57. The average molecular weight is 199 g/mol. The fraction of sp³-hybridized carbons (Fsp3) is 0.818. The van der Waals surface area contributed by atoms with Crippen molar-refractivity contribution < 1.29 is 4.79 Å². The Labute approximate surface area is 87.4 Å². The fourth-order valence-electron chi connectivity index (χ4n) is 1.29. The second-order valence-corrected chi connectivity index (χ2v) is 3.57. The molecule has 14 heavy (non-hydrogen) atoms. The summed E-state index contributed by atoms with van der Waals surface area (Å²) in [7, 11) is 0. The minimum absolute atomic E-state index is 0.417. The minimum atomic E-state index is -0.417. The van der Waals surface area contributed by atoms with Crippen molar-refractivity contribution in [2.75, 3.05) is 6.54 Å². The molecule has 0 rings (SSSR count). The Morgan fingerprint density at radius 3 is 2.57 bits per heavy atom. The van der Waals surface area contributed by atoms with Crippen LogP contribution in [0.4, 0.5) is 4.79 Å². The molecule has 0 aliphatic carbocycles. The number of unbranched alkanes of at least 4 members (excludes halogenated alkanes) is 7. The Hall–Kier alpha value is -0.730. The third-order valence-electron chi connectivity index (χ3n) is 2.15. The van der Waals surface area contributed by atoms with E-state index in [-0.39, 0.29) is 0 Å². The number of hydrogen-bond acceptors (Lipinski definition) is 1. The van der Waals surface area contributed by atoms with Crippen LogP contribution in [0.15, 0.2) is 0 Å². The van der Waals surface area contributed by atoms with Crippen LogP contribution in [0.1, 0.15) is 51.9 Å². The number of hydrogen-bond donors (Lipinski definition) is 2. The van der Waals surface area contributed by atoms with Gasteiger partial charge in [-0.1, -0.05) is 45.4 Å². The third-order valence-corrected chi connectivity index (χ3v) is 2.15. The van der Waals surface area contributed by atoms with E-state index in [0.29, 0.717) is 6.54 Å². The highest BCUT2D eigenvalue weighted by molar-refractivity contribution is 5.71. The Morgan fingerprint density at radius 1 is 1.21 bits per heavy atom. The van der Waals surface area contributed by atoms with E-state index in [1.54, 1.807) is 0 Å². The first-order valence-corrected chi connectivity index (χ1v) is 5.62. The van der Waals surface area contributed by atoms with E-state index in [4.69, 9.17) is 5.73 Å². The number of urea groups is 1. The van der Waals surface area contributed by atoms with Gasteiger partial charge in [-0.05, 0) is 12.8 Å². The molecule has 0 atom stereocenters. The molecule has 0 aromatic heterocycles. The highest BCUT2D eigenvalue weighted by Crippen LogP contribution is 2.06. The zero-order chi connectivity index (χ0) is 10.6. The molecule has 0 bridgehead atoms. The summed E-state index contributed by atoms with van der Waals surface area (Å²) in [6.45, 7) is 2.92. The lowest BCUT2D eigenvalue weighted by Crippen LogP contribution is -2.29. The van der Waals surface area contributed by atoms with Crippen molar-refractivity contribution in [2.24, 2.45) is 5.73 Å². The maximum atomic E-state index is 10.3. The zero-order valence-electron chi connectivity index (χ0n) is 9.22. The average Bonchev–Trinajstić information content (AvgIpc) is 2.15. The van der Waals surface area contributed by atoms with Crippen molar-refractivity contribution in [2.45, 2.75) is 51.9 Å². The van der Waals surface area contributed by atoms with Gasteiger partial charge in [0.25, 0.3) is 0 Å². The van der Waals surface area contributed by atoms with Crippen LogP contribution in [0.5, 0.6) is 0 Å². The predicted molar refractivity (Wildman–Crippen MR) is 59.9 cm³/mol. The number of carbonyl (C=O) groups is 1. The van der Waals surface area contributed by atoms with Gasteiger partial charge in [-0.15, -0.1) is 0 Å². The van der Waals surface area contributed by atoms with Gasteiger partial charge in [0, 0.05) is 6.54 Å². The molecular formula is C11H23N2O. The van der Waals surface area contributed by atoms with Crippen LogP contribution in [0.25, 0.3) is 0 Å². The lowest BCUT2D eigenvalue weighted by atomic mass is 10.1. The monoisotopic (exact) mass is 199 g/mol. The molecule has 0 unspecified atom stereocenters. The number of rotatable bonds is 9. The molecule has 0 spiro atoms. The van der Waals surface area contributed by atoms with Gasteiger partial charge in [-0.3, -0.25) is 0 Å². The molecule has 0 heterocycles. The Kier molecular flexibility index (Phi) is 9.81. The van der Waals surface area contributed by atoms with Crippen molar-refractivity contribution in [3.63, 3.8) is 0 Å². The molecule has 3 heteroatoms. The van der Waals surface area contributed by atoms with E-state index in [1.807, 2.05) is 0 Å². The smallest absolute Gasteiger partial charge is 0.312 e. The summed E-state index contributed by atoms with van der Waals surface area (Å²) in [4.78, 5) is 10.3. The largest absolute Gasteiger partial charge is 0.352 e. The van der Waals surface area contributed by atoms with Gasteiger partial charge in [0.05, 0.1) is 0 Å². The SMILES string of the molecule is CCCC[CH]CCCCCNC(N)=O. The quantitative estimate of drug-likeness (QED) is 0.551. The predicted octanol–water partition coefficient (Wildman–Crippen LogP) is 2.61. The molecule has 0 aliphatic rings. The van der Waals surface area contributed by atoms with Crippen LogP contribution in [0, 0.1) is 6.42 Å². The molecule has 0 saturated carbocycles. The summed E-state index contributed by atoms with van der Waals surface area (Å²) in [6.07, 6.45) is 10.8. The van der Waals surface area contributed by atoms with Gasteiger partial charge in [0.15, 0.2) is 0 Å². The summed E-state index contributed by atoms with van der Waals surface area (Å²) in [5, 5.41) is 2.59. The summed E-state index contributed by atoms with van der Waals surface area (Å²) in [6, 6.07) is -0.417. The molecule has 0 fully saturated rings. The number of nitrogens with two attached hydrogens (primary N) is 1. The number of nitrogens with one attached hydrogen (secondary N) is 1. The van der Waals surface area contributed by atoms with Crippen molar-refractivity contribution in [3.8, 4) is 0 Å². The Bertz CT molecular complexity index is 137. The van der Waals surface area contributed by atoms with Gasteiger partial charge < -0.3 is 11.1 Å². The van der Waals surface area contributed by atoms with E-state index < -0.39 is 6.03 Å². The molecule has 0 saturated heterocycles. The van der Waals surface area contributed by atoms with Crippen LogP contribution in [0.2, 0.25) is 0 Å². The summed E-state index contributed by atoms with van der Waals surface area (Å²) in [5.74, 6) is 0. The van der Waals surface area contributed by atoms with Gasteiger partial charge >= 0.3 is 6.03 Å². The standard InChI is InChI=1S/C11H23N2O/c1-2-3-4-5-6-7-8-9-10-13-11(12)14/h5H,2-4,6-10H2,1H3,(H3,12,13,14). The van der Waals surface area contributed by atoms with Gasteiger partial charge in [-0.2, -0.15) is 0 Å². The van der Waals surface area contributed by atoms with Gasteiger partial charge in [0.1, 0.15) is 0 Å². The summed E-state index contributed by atoms with van der Waals surface area (Å²) >= 11 is 0. The van der Waals surface area contributed by atoms with E-state index in [2.05, 4.69) is 18.7 Å². The second kappa shape index (κ2) is 10.4. The topological polar surface area (TPSA) is 55.1 Å². The summed E-state index contributed by atoms with van der Waals surface area (Å²) in [5.41, 5.74) is 4.93. The first kappa shape index (κ1) is 13.3. The summed E-state index contributed by atoms with van der Waals surface area (Å²) < 4.78 is 0. The number of primary amides is 1. The van der Waals surface area contributed by atoms with E-state index in [0.717, 1.165) is 6.42 Å². The maximum absolute atomic E-state index is 10.3. The van der Waals surface area contributed by atoms with E-state index in [1.165, 1.54) is 38.5 Å². The van der Waals surface area contributed by atoms with Crippen molar-refractivity contribution in [3.05, 3.63) is 6.42 Å². The molecule has 3 nitrogen and oxygen atoms in total. The first-order chi connectivity index (χ1) is 6.77. The first-order valence-electron chi connectivity index (χ1n) is 5.62. The van der Waals surface area contributed by atoms with Crippen LogP contribution >= 0.6 is 0 Å². The Morgan fingerprint density at radius 2 is 1.93 bits per heavy atom. The lowest BCUT2D eigenvalue weighted by Gasteiger charge is -2.01. The highest BCUT2D eigenvalue weighted by Gasteiger charge is 1.93. The molecular weight excluding hydrogens is 176 g/mol. The van der Waals surface area contributed by atoms with Crippen LogP contribution in [-0.4, -0.2) is 12.6 Å². The maximum Gasteiger partial charge on any atom is 0.312 e. The zero-order valence-corrected chi connectivity index (χ0v) is 9.22. The normalized spacial score (nSPS) is 10.1. The van der Waals surface area contributed by atoms with E-state index in [9.17, 15) is 4.79 Å². The van der Waals surface area contributed by atoms with E-state index >= 15 is 0 Å². The molecule has 1 radical (unpaired) electrons. The molecule has 0 aromatic carbocycles. The van der Waals surface area contributed by atoms with Crippen LogP contribution < -0.4 is 11.1 Å². The van der Waals surface area contributed by atoms with Crippen molar-refractivity contribution >= 4 is 6.03 Å². The molecule has 83 valence electrons. The van der Waals surface area contributed by atoms with Gasteiger partial charge in [0.2, 0.25) is 0 Å². The van der Waals surface area contributed by atoms with Crippen molar-refractivity contribution in [1.29, 1.82) is 0 Å². The lowest BCUT2D eigenvalue weighted by molar-refractivity contribution is 0.248. The Balaban J connectivity index is 2.88. The molecule has 2 amide bonds. The molecule has 3 N–H and O–H groups in total. The number of amides is 2. The molecule has 0 aliphatic heterocycles. The van der Waals surface area contributed by atoms with Crippen molar-refractivity contribution in [1.82, 2.24) is 5.32 Å². The van der Waals surface area contributed by atoms with Crippen LogP contribution in [-0.2, 0) is 0 Å². The van der Waals surface area contributed by atoms with Gasteiger partial charge in [-0.25, -0.2) is 4.79 Å². The fourth-order valence-corrected chi connectivity index (χ4v) is 1.29. The third kappa shape index (κ3) is 11.3. The van der Waals surface area contributed by atoms with Crippen LogP contribution in [0.3, 0.4) is 0 Å². The number of carbonyl (C=O) groups excluding carboxylic acids is 1. The minimum Gasteiger partial charge on any atom is -0.352 e. The molecule has 0 aromatic rings.